The molecule has 0 aromatic rings. The number of unbranched alkanes of at least 4 members (excludes halogenated alkanes) is 15. The standard InChI is InChI=1S/C27H57O4P/c1-6-9-12-15-18-21-24-27(31-32(28,29-4)30-5,25-22-19-16-13-10-7-2)26-23-20-17-14-11-8-3/h6-26H2,1-5H3. The van der Waals surface area contributed by atoms with Crippen molar-refractivity contribution in [1.29, 1.82) is 0 Å². The number of hydrogen-bond donors (Lipinski definition) is 0. The van der Waals surface area contributed by atoms with Crippen LogP contribution < -0.4 is 0 Å². The van der Waals surface area contributed by atoms with Gasteiger partial charge in [-0.05, 0) is 19.3 Å². The van der Waals surface area contributed by atoms with Crippen molar-refractivity contribution in [3.05, 3.63) is 0 Å². The molecule has 0 spiro atoms. The zero-order valence-electron chi connectivity index (χ0n) is 22.4. The number of hydrogen-bond acceptors (Lipinski definition) is 4. The van der Waals surface area contributed by atoms with Crippen molar-refractivity contribution in [1.82, 2.24) is 0 Å². The normalized spacial score (nSPS) is 12.5. The summed E-state index contributed by atoms with van der Waals surface area (Å²) in [5, 5.41) is 0. The molecule has 0 amide bonds. The van der Waals surface area contributed by atoms with Crippen molar-refractivity contribution in [2.24, 2.45) is 0 Å². The highest BCUT2D eigenvalue weighted by molar-refractivity contribution is 7.48. The van der Waals surface area contributed by atoms with Gasteiger partial charge in [0.05, 0.1) is 5.60 Å². The second-order valence-electron chi connectivity index (χ2n) is 9.64. The van der Waals surface area contributed by atoms with Crippen LogP contribution in [-0.2, 0) is 18.1 Å². The molecule has 0 aliphatic heterocycles. The number of phosphoric acid groups is 1. The number of rotatable bonds is 25. The Balaban J connectivity index is 5.06. The fourth-order valence-electron chi connectivity index (χ4n) is 4.58. The third kappa shape index (κ3) is 16.7. The van der Waals surface area contributed by atoms with Gasteiger partial charge >= 0.3 is 7.82 Å². The molecule has 0 aliphatic rings. The van der Waals surface area contributed by atoms with E-state index in [4.69, 9.17) is 13.6 Å². The fraction of sp³-hybridized carbons (Fsp3) is 1.00. The summed E-state index contributed by atoms with van der Waals surface area (Å²) in [6, 6.07) is 0. The van der Waals surface area contributed by atoms with Crippen LogP contribution in [0.1, 0.15) is 156 Å². The molecule has 0 atom stereocenters. The zero-order valence-corrected chi connectivity index (χ0v) is 23.3. The van der Waals surface area contributed by atoms with E-state index in [0.29, 0.717) is 0 Å². The van der Waals surface area contributed by atoms with Crippen LogP contribution >= 0.6 is 7.82 Å². The van der Waals surface area contributed by atoms with Gasteiger partial charge in [-0.2, -0.15) is 0 Å². The molecule has 4 nitrogen and oxygen atoms in total. The van der Waals surface area contributed by atoms with E-state index in [0.717, 1.165) is 38.5 Å². The molecule has 0 N–H and O–H groups in total. The molecule has 5 heteroatoms. The molecule has 0 heterocycles. The third-order valence-electron chi connectivity index (χ3n) is 6.71. The van der Waals surface area contributed by atoms with Crippen LogP contribution in [0.2, 0.25) is 0 Å². The van der Waals surface area contributed by atoms with Crippen molar-refractivity contribution in [3.8, 4) is 0 Å². The van der Waals surface area contributed by atoms with Gasteiger partial charge in [-0.3, -0.25) is 13.6 Å². The van der Waals surface area contributed by atoms with Gasteiger partial charge in [-0.15, -0.1) is 0 Å². The second kappa shape index (κ2) is 21.6. The maximum Gasteiger partial charge on any atom is 0.474 e. The van der Waals surface area contributed by atoms with Crippen LogP contribution in [0.25, 0.3) is 0 Å². The molecular weight excluding hydrogens is 419 g/mol. The first-order valence-corrected chi connectivity index (χ1v) is 15.4. The summed E-state index contributed by atoms with van der Waals surface area (Å²) in [4.78, 5) is 0. The molecule has 0 saturated carbocycles. The Hall–Kier alpha value is 0.110. The minimum Gasteiger partial charge on any atom is -0.290 e. The SMILES string of the molecule is CCCCCCCCC(CCCCCCCC)(CCCCCCCC)OP(=O)(OC)OC. The van der Waals surface area contributed by atoms with E-state index in [1.165, 1.54) is 111 Å². The molecular formula is C27H57O4P. The Kier molecular flexibility index (Phi) is 21.7. The van der Waals surface area contributed by atoms with Gasteiger partial charge in [0.15, 0.2) is 0 Å². The summed E-state index contributed by atoms with van der Waals surface area (Å²) < 4.78 is 29.8. The lowest BCUT2D eigenvalue weighted by Crippen LogP contribution is -2.32. The largest absolute Gasteiger partial charge is 0.474 e. The van der Waals surface area contributed by atoms with E-state index in [-0.39, 0.29) is 5.60 Å². The Morgan fingerprint density at radius 2 is 0.781 bits per heavy atom. The van der Waals surface area contributed by atoms with E-state index < -0.39 is 7.82 Å². The van der Waals surface area contributed by atoms with Crippen molar-refractivity contribution in [3.63, 3.8) is 0 Å². The molecule has 32 heavy (non-hydrogen) atoms. The highest BCUT2D eigenvalue weighted by Gasteiger charge is 2.39. The van der Waals surface area contributed by atoms with E-state index in [2.05, 4.69) is 20.8 Å². The fourth-order valence-corrected chi connectivity index (χ4v) is 5.63. The Morgan fingerprint density at radius 1 is 0.500 bits per heavy atom. The summed E-state index contributed by atoms with van der Waals surface area (Å²) in [6.45, 7) is 6.77. The average molecular weight is 477 g/mol. The summed E-state index contributed by atoms with van der Waals surface area (Å²) in [5.41, 5.74) is -0.387. The van der Waals surface area contributed by atoms with Crippen LogP contribution in [0.5, 0.6) is 0 Å². The van der Waals surface area contributed by atoms with E-state index in [1.807, 2.05) is 0 Å². The van der Waals surface area contributed by atoms with Gasteiger partial charge in [0.2, 0.25) is 0 Å². The second-order valence-corrected chi connectivity index (χ2v) is 11.4. The quantitative estimate of drug-likeness (QED) is 0.0970. The van der Waals surface area contributed by atoms with Crippen molar-refractivity contribution in [2.45, 2.75) is 161 Å². The monoisotopic (exact) mass is 476 g/mol. The molecule has 0 saturated heterocycles. The lowest BCUT2D eigenvalue weighted by atomic mass is 9.85. The summed E-state index contributed by atoms with van der Waals surface area (Å²) in [7, 11) is -0.622. The first kappa shape index (κ1) is 32.1. The minimum absolute atomic E-state index is 0.387. The molecule has 0 aliphatic carbocycles. The Bertz CT molecular complexity index is 393. The van der Waals surface area contributed by atoms with Gasteiger partial charge in [0.1, 0.15) is 0 Å². The summed E-state index contributed by atoms with van der Waals surface area (Å²) in [6.07, 6.45) is 25.5. The van der Waals surface area contributed by atoms with Gasteiger partial charge in [-0.1, -0.05) is 136 Å². The van der Waals surface area contributed by atoms with Crippen LogP contribution in [-0.4, -0.2) is 19.8 Å². The van der Waals surface area contributed by atoms with E-state index >= 15 is 0 Å². The van der Waals surface area contributed by atoms with Gasteiger partial charge in [-0.25, -0.2) is 4.57 Å². The highest BCUT2D eigenvalue weighted by Crippen LogP contribution is 2.54. The maximum atomic E-state index is 13.0. The highest BCUT2D eigenvalue weighted by atomic mass is 31.2. The lowest BCUT2D eigenvalue weighted by Gasteiger charge is -2.36. The Morgan fingerprint density at radius 3 is 1.06 bits per heavy atom. The smallest absolute Gasteiger partial charge is 0.290 e. The first-order chi connectivity index (χ1) is 15.5. The molecule has 0 bridgehead atoms. The predicted octanol–water partition coefficient (Wildman–Crippen LogP) is 10.4. The van der Waals surface area contributed by atoms with E-state index in [1.54, 1.807) is 0 Å². The minimum atomic E-state index is -3.50. The van der Waals surface area contributed by atoms with Crippen LogP contribution in [0.15, 0.2) is 0 Å². The van der Waals surface area contributed by atoms with Crippen molar-refractivity contribution < 1.29 is 18.1 Å². The predicted molar refractivity (Wildman–Crippen MR) is 139 cm³/mol. The molecule has 0 unspecified atom stereocenters. The molecule has 0 fully saturated rings. The lowest BCUT2D eigenvalue weighted by molar-refractivity contribution is -0.00446. The maximum absolute atomic E-state index is 13.0. The molecule has 0 aromatic heterocycles. The molecule has 194 valence electrons. The average Bonchev–Trinajstić information content (AvgIpc) is 2.80. The Labute approximate surface area is 201 Å². The topological polar surface area (TPSA) is 44.8 Å². The molecule has 0 rings (SSSR count). The van der Waals surface area contributed by atoms with Crippen LogP contribution in [0, 0.1) is 0 Å². The van der Waals surface area contributed by atoms with E-state index in [9.17, 15) is 4.57 Å². The van der Waals surface area contributed by atoms with Gasteiger partial charge in [0.25, 0.3) is 0 Å². The van der Waals surface area contributed by atoms with Crippen molar-refractivity contribution in [2.75, 3.05) is 14.2 Å². The summed E-state index contributed by atoms with van der Waals surface area (Å²) in [5.74, 6) is 0. The van der Waals surface area contributed by atoms with Crippen molar-refractivity contribution >= 4 is 7.82 Å². The van der Waals surface area contributed by atoms with Gasteiger partial charge in [0, 0.05) is 14.2 Å². The first-order valence-electron chi connectivity index (χ1n) is 13.9. The third-order valence-corrected chi connectivity index (χ3v) is 8.22. The van der Waals surface area contributed by atoms with Gasteiger partial charge < -0.3 is 0 Å². The van der Waals surface area contributed by atoms with Crippen LogP contribution in [0.3, 0.4) is 0 Å². The molecule has 0 aromatic carbocycles. The van der Waals surface area contributed by atoms with Crippen LogP contribution in [0.4, 0.5) is 0 Å². The zero-order chi connectivity index (χ0) is 24.0. The summed E-state index contributed by atoms with van der Waals surface area (Å²) >= 11 is 0. The number of phosphoric ester groups is 1. The molecule has 0 radical (unpaired) electrons.